The zero-order valence-electron chi connectivity index (χ0n) is 12.0. The van der Waals surface area contributed by atoms with Crippen molar-refractivity contribution in [3.05, 3.63) is 47.2 Å². The molecule has 120 valence electrons. The highest BCUT2D eigenvalue weighted by Gasteiger charge is 2.13. The van der Waals surface area contributed by atoms with Crippen LogP contribution in [-0.4, -0.2) is 25.7 Å². The Bertz CT molecular complexity index is 738. The van der Waals surface area contributed by atoms with Gasteiger partial charge in [0.1, 0.15) is 24.8 Å². The van der Waals surface area contributed by atoms with E-state index in [4.69, 9.17) is 25.8 Å². The zero-order valence-corrected chi connectivity index (χ0v) is 12.7. The van der Waals surface area contributed by atoms with Gasteiger partial charge in [-0.3, -0.25) is 4.79 Å². The Hall–Kier alpha value is -2.47. The summed E-state index contributed by atoms with van der Waals surface area (Å²) in [5.74, 6) is 0.621. The van der Waals surface area contributed by atoms with Gasteiger partial charge in [-0.05, 0) is 30.3 Å². The average Bonchev–Trinajstić information content (AvgIpc) is 2.54. The summed E-state index contributed by atoms with van der Waals surface area (Å²) in [6.45, 7) is 0.724. The molecule has 7 heteroatoms. The van der Waals surface area contributed by atoms with E-state index in [-0.39, 0.29) is 23.3 Å². The minimum atomic E-state index is -0.469. The minimum absolute atomic E-state index is 0.108. The first-order valence-electron chi connectivity index (χ1n) is 6.89. The molecule has 1 aliphatic heterocycles. The summed E-state index contributed by atoms with van der Waals surface area (Å²) in [7, 11) is 0. The lowest BCUT2D eigenvalue weighted by Crippen LogP contribution is -2.21. The van der Waals surface area contributed by atoms with Crippen LogP contribution in [0.15, 0.2) is 36.4 Å². The van der Waals surface area contributed by atoms with E-state index in [1.54, 1.807) is 18.2 Å². The average molecular weight is 338 g/mol. The predicted molar refractivity (Wildman–Crippen MR) is 83.0 cm³/mol. The van der Waals surface area contributed by atoms with Crippen molar-refractivity contribution in [2.24, 2.45) is 0 Å². The van der Waals surface area contributed by atoms with E-state index in [9.17, 15) is 9.18 Å². The highest BCUT2D eigenvalue weighted by Crippen LogP contribution is 2.32. The molecule has 2 aromatic carbocycles. The van der Waals surface area contributed by atoms with Crippen molar-refractivity contribution < 1.29 is 23.4 Å². The van der Waals surface area contributed by atoms with E-state index < -0.39 is 5.82 Å². The molecule has 0 fully saturated rings. The monoisotopic (exact) mass is 337 g/mol. The molecule has 1 aliphatic rings. The van der Waals surface area contributed by atoms with Gasteiger partial charge in [0.15, 0.2) is 18.1 Å². The third kappa shape index (κ3) is 3.84. The Labute approximate surface area is 136 Å². The quantitative estimate of drug-likeness (QED) is 0.930. The molecule has 0 spiro atoms. The second kappa shape index (κ2) is 6.75. The molecule has 1 amide bonds. The van der Waals surface area contributed by atoms with E-state index >= 15 is 0 Å². The number of fused-ring (bicyclic) bond motifs is 1. The Balaban J connectivity index is 1.59. The van der Waals surface area contributed by atoms with Gasteiger partial charge in [-0.25, -0.2) is 4.39 Å². The summed E-state index contributed by atoms with van der Waals surface area (Å²) >= 11 is 5.83. The number of carbonyl (C=O) groups excluding carboxylic acids is 1. The fourth-order valence-electron chi connectivity index (χ4n) is 2.05. The zero-order chi connectivity index (χ0) is 16.2. The second-order valence-electron chi connectivity index (χ2n) is 4.77. The number of anilines is 1. The summed E-state index contributed by atoms with van der Waals surface area (Å²) < 4.78 is 29.0. The molecule has 0 aliphatic carbocycles. The SMILES string of the molecule is O=C(COc1ccc(F)cc1Cl)Nc1ccc2c(c1)OCCO2. The lowest BCUT2D eigenvalue weighted by Gasteiger charge is -2.19. The van der Waals surface area contributed by atoms with Crippen molar-refractivity contribution >= 4 is 23.2 Å². The van der Waals surface area contributed by atoms with Crippen molar-refractivity contribution in [3.63, 3.8) is 0 Å². The highest BCUT2D eigenvalue weighted by atomic mass is 35.5. The van der Waals surface area contributed by atoms with Gasteiger partial charge in [-0.1, -0.05) is 11.6 Å². The van der Waals surface area contributed by atoms with Gasteiger partial charge in [0, 0.05) is 11.8 Å². The van der Waals surface area contributed by atoms with Crippen molar-refractivity contribution in [1.29, 1.82) is 0 Å². The number of carbonyl (C=O) groups is 1. The molecule has 0 radical (unpaired) electrons. The van der Waals surface area contributed by atoms with Crippen LogP contribution in [0.25, 0.3) is 0 Å². The number of nitrogens with one attached hydrogen (secondary N) is 1. The molecule has 1 heterocycles. The lowest BCUT2D eigenvalue weighted by atomic mass is 10.2. The summed E-state index contributed by atoms with van der Waals surface area (Å²) in [5.41, 5.74) is 0.563. The van der Waals surface area contributed by atoms with Crippen LogP contribution >= 0.6 is 11.6 Å². The molecular formula is C16H13ClFNO4. The Morgan fingerprint density at radius 2 is 1.96 bits per heavy atom. The van der Waals surface area contributed by atoms with Gasteiger partial charge in [-0.2, -0.15) is 0 Å². The van der Waals surface area contributed by atoms with Crippen LogP contribution < -0.4 is 19.5 Å². The number of hydrogen-bond donors (Lipinski definition) is 1. The van der Waals surface area contributed by atoms with Crippen LogP contribution in [0.3, 0.4) is 0 Å². The standard InChI is InChI=1S/C16H13ClFNO4/c17-12-7-10(18)1-3-13(12)23-9-16(20)19-11-2-4-14-15(8-11)22-6-5-21-14/h1-4,7-8H,5-6,9H2,(H,19,20). The van der Waals surface area contributed by atoms with E-state index in [1.807, 2.05) is 0 Å². The topological polar surface area (TPSA) is 56.8 Å². The first-order valence-corrected chi connectivity index (χ1v) is 7.27. The van der Waals surface area contributed by atoms with Gasteiger partial charge >= 0.3 is 0 Å². The number of halogens is 2. The third-order valence-electron chi connectivity index (χ3n) is 3.08. The molecule has 2 aromatic rings. The molecule has 0 saturated carbocycles. The molecular weight excluding hydrogens is 325 g/mol. The van der Waals surface area contributed by atoms with E-state index in [0.717, 1.165) is 6.07 Å². The van der Waals surface area contributed by atoms with Crippen LogP contribution in [-0.2, 0) is 4.79 Å². The van der Waals surface area contributed by atoms with Crippen molar-refractivity contribution in [3.8, 4) is 17.2 Å². The van der Waals surface area contributed by atoms with E-state index in [0.29, 0.717) is 30.4 Å². The fraction of sp³-hybridized carbons (Fsp3) is 0.188. The minimum Gasteiger partial charge on any atom is -0.486 e. The molecule has 5 nitrogen and oxygen atoms in total. The normalized spacial score (nSPS) is 12.6. The summed E-state index contributed by atoms with van der Waals surface area (Å²) in [5, 5.41) is 2.78. The molecule has 0 atom stereocenters. The molecule has 0 unspecified atom stereocenters. The number of rotatable bonds is 4. The smallest absolute Gasteiger partial charge is 0.262 e. The Morgan fingerprint density at radius 1 is 1.17 bits per heavy atom. The molecule has 23 heavy (non-hydrogen) atoms. The maximum absolute atomic E-state index is 12.9. The lowest BCUT2D eigenvalue weighted by molar-refractivity contribution is -0.118. The maximum atomic E-state index is 12.9. The largest absolute Gasteiger partial charge is 0.486 e. The molecule has 0 bridgehead atoms. The summed E-state index contributed by atoms with van der Waals surface area (Å²) in [6, 6.07) is 8.81. The van der Waals surface area contributed by atoms with Crippen LogP contribution in [0.2, 0.25) is 5.02 Å². The van der Waals surface area contributed by atoms with Gasteiger partial charge in [0.2, 0.25) is 0 Å². The van der Waals surface area contributed by atoms with Crippen LogP contribution in [0.4, 0.5) is 10.1 Å². The first kappa shape index (κ1) is 15.4. The summed E-state index contributed by atoms with van der Waals surface area (Å²) in [6.07, 6.45) is 0. The molecule has 1 N–H and O–H groups in total. The molecule has 3 rings (SSSR count). The van der Waals surface area contributed by atoms with Gasteiger partial charge in [0.05, 0.1) is 5.02 Å². The van der Waals surface area contributed by atoms with Gasteiger partial charge in [-0.15, -0.1) is 0 Å². The maximum Gasteiger partial charge on any atom is 0.262 e. The van der Waals surface area contributed by atoms with Crippen LogP contribution in [0.1, 0.15) is 0 Å². The number of ether oxygens (including phenoxy) is 3. The molecule has 0 saturated heterocycles. The second-order valence-corrected chi connectivity index (χ2v) is 5.18. The third-order valence-corrected chi connectivity index (χ3v) is 3.37. The summed E-state index contributed by atoms with van der Waals surface area (Å²) in [4.78, 5) is 11.9. The van der Waals surface area contributed by atoms with Gasteiger partial charge in [0.25, 0.3) is 5.91 Å². The van der Waals surface area contributed by atoms with Crippen molar-refractivity contribution in [2.75, 3.05) is 25.1 Å². The fourth-order valence-corrected chi connectivity index (χ4v) is 2.28. The van der Waals surface area contributed by atoms with Crippen molar-refractivity contribution in [1.82, 2.24) is 0 Å². The predicted octanol–water partition coefficient (Wildman–Crippen LogP) is 3.27. The Kier molecular flexibility index (Phi) is 4.52. The van der Waals surface area contributed by atoms with E-state index in [2.05, 4.69) is 5.32 Å². The first-order chi connectivity index (χ1) is 11.1. The molecule has 0 aromatic heterocycles. The van der Waals surface area contributed by atoms with Gasteiger partial charge < -0.3 is 19.5 Å². The number of benzene rings is 2. The number of amides is 1. The van der Waals surface area contributed by atoms with E-state index in [1.165, 1.54) is 12.1 Å². The van der Waals surface area contributed by atoms with Crippen LogP contribution in [0.5, 0.6) is 17.2 Å². The Morgan fingerprint density at radius 3 is 2.74 bits per heavy atom. The highest BCUT2D eigenvalue weighted by molar-refractivity contribution is 6.32. The van der Waals surface area contributed by atoms with Crippen LogP contribution in [0, 0.1) is 5.82 Å². The number of hydrogen-bond acceptors (Lipinski definition) is 4. The van der Waals surface area contributed by atoms with Crippen molar-refractivity contribution in [2.45, 2.75) is 0 Å².